The molecule has 1 heterocycles. The van der Waals surface area contributed by atoms with Crippen molar-refractivity contribution < 1.29 is 4.79 Å². The average molecular weight is 268 g/mol. The van der Waals surface area contributed by atoms with Crippen LogP contribution in [0.4, 0.5) is 0 Å². The van der Waals surface area contributed by atoms with Crippen LogP contribution in [0.3, 0.4) is 0 Å². The summed E-state index contributed by atoms with van der Waals surface area (Å²) in [6.07, 6.45) is 1.64. The first kappa shape index (κ1) is 9.55. The van der Waals surface area contributed by atoms with Crippen LogP contribution in [0.25, 0.3) is 0 Å². The van der Waals surface area contributed by atoms with E-state index in [1.54, 1.807) is 23.7 Å². The second kappa shape index (κ2) is 4.02. The summed E-state index contributed by atoms with van der Waals surface area (Å²) >= 11 is 4.68. The lowest BCUT2D eigenvalue weighted by molar-refractivity contribution is 0.103. The van der Waals surface area contributed by atoms with Crippen molar-refractivity contribution >= 4 is 33.0 Å². The van der Waals surface area contributed by atoms with Gasteiger partial charge in [0, 0.05) is 21.6 Å². The summed E-state index contributed by atoms with van der Waals surface area (Å²) in [5, 5.41) is 2.33. The van der Waals surface area contributed by atoms with Crippen molar-refractivity contribution in [3.05, 3.63) is 50.9 Å². The topological polar surface area (TPSA) is 30.0 Å². The van der Waals surface area contributed by atoms with Crippen LogP contribution in [0.2, 0.25) is 0 Å². The van der Waals surface area contributed by atoms with Crippen molar-refractivity contribution in [2.75, 3.05) is 0 Å². The Hall–Kier alpha value is -1.00. The quantitative estimate of drug-likeness (QED) is 0.783. The van der Waals surface area contributed by atoms with E-state index >= 15 is 0 Å². The fourth-order valence-corrected chi connectivity index (χ4v) is 1.92. The third-order valence-corrected chi connectivity index (χ3v) is 3.03. The summed E-state index contributed by atoms with van der Waals surface area (Å²) in [6.45, 7) is 0. The maximum atomic E-state index is 11.8. The number of thiazole rings is 1. The maximum Gasteiger partial charge on any atom is 0.221 e. The molecular weight excluding hydrogens is 262 g/mol. The highest BCUT2D eigenvalue weighted by Gasteiger charge is 2.10. The van der Waals surface area contributed by atoms with Crippen LogP contribution in [0, 0.1) is 0 Å². The van der Waals surface area contributed by atoms with Gasteiger partial charge in [0.05, 0.1) is 0 Å². The van der Waals surface area contributed by atoms with Crippen LogP contribution in [0.5, 0.6) is 0 Å². The lowest BCUT2D eigenvalue weighted by atomic mass is 10.1. The summed E-state index contributed by atoms with van der Waals surface area (Å²) in [4.78, 5) is 15.7. The highest BCUT2D eigenvalue weighted by atomic mass is 79.9. The highest BCUT2D eigenvalue weighted by Crippen LogP contribution is 2.15. The van der Waals surface area contributed by atoms with E-state index in [4.69, 9.17) is 0 Å². The smallest absolute Gasteiger partial charge is 0.221 e. The predicted octanol–water partition coefficient (Wildman–Crippen LogP) is 3.14. The van der Waals surface area contributed by atoms with E-state index in [0.29, 0.717) is 10.6 Å². The van der Waals surface area contributed by atoms with Crippen molar-refractivity contribution in [3.63, 3.8) is 0 Å². The molecule has 0 atom stereocenters. The molecule has 0 spiro atoms. The zero-order chi connectivity index (χ0) is 9.97. The zero-order valence-electron chi connectivity index (χ0n) is 7.11. The Balaban J connectivity index is 2.33. The van der Waals surface area contributed by atoms with Gasteiger partial charge in [-0.3, -0.25) is 4.79 Å². The number of halogens is 1. The summed E-state index contributed by atoms with van der Waals surface area (Å²) in [6, 6.07) is 7.27. The molecule has 0 saturated carbocycles. The van der Waals surface area contributed by atoms with Gasteiger partial charge in [0.1, 0.15) is 0 Å². The predicted molar refractivity (Wildman–Crippen MR) is 59.7 cm³/mol. The van der Waals surface area contributed by atoms with E-state index in [9.17, 15) is 4.79 Å². The number of hydrogen-bond donors (Lipinski definition) is 0. The number of benzene rings is 1. The lowest BCUT2D eigenvalue weighted by Gasteiger charge is -1.96. The molecule has 2 rings (SSSR count). The van der Waals surface area contributed by atoms with E-state index < -0.39 is 0 Å². The molecule has 1 aromatic carbocycles. The van der Waals surface area contributed by atoms with Gasteiger partial charge in [0.2, 0.25) is 5.78 Å². The van der Waals surface area contributed by atoms with Crippen molar-refractivity contribution in [1.29, 1.82) is 0 Å². The molecule has 2 nitrogen and oxygen atoms in total. The first-order chi connectivity index (χ1) is 6.77. The van der Waals surface area contributed by atoms with Gasteiger partial charge in [-0.25, -0.2) is 4.98 Å². The Bertz CT molecular complexity index is 436. The minimum absolute atomic E-state index is 0.0208. The highest BCUT2D eigenvalue weighted by molar-refractivity contribution is 9.10. The Morgan fingerprint density at radius 2 is 2.00 bits per heavy atom. The number of nitrogens with zero attached hydrogens (tertiary/aromatic N) is 1. The van der Waals surface area contributed by atoms with E-state index in [1.165, 1.54) is 11.3 Å². The van der Waals surface area contributed by atoms with E-state index in [-0.39, 0.29) is 5.78 Å². The Labute approximate surface area is 93.7 Å². The number of carbonyl (C=O) groups excluding carboxylic acids is 1. The minimum Gasteiger partial charge on any atom is -0.286 e. The third-order valence-electron chi connectivity index (χ3n) is 1.73. The Morgan fingerprint density at radius 3 is 2.57 bits per heavy atom. The molecule has 0 aliphatic rings. The van der Waals surface area contributed by atoms with Gasteiger partial charge in [0.25, 0.3) is 0 Å². The molecule has 0 radical (unpaired) electrons. The Kier molecular flexibility index (Phi) is 2.74. The van der Waals surface area contributed by atoms with Crippen LogP contribution in [0.1, 0.15) is 15.4 Å². The fraction of sp³-hybridized carbons (Fsp3) is 0. The summed E-state index contributed by atoms with van der Waals surface area (Å²) < 4.78 is 0.966. The van der Waals surface area contributed by atoms with Crippen molar-refractivity contribution in [2.45, 2.75) is 0 Å². The molecule has 4 heteroatoms. The van der Waals surface area contributed by atoms with Crippen LogP contribution < -0.4 is 0 Å². The molecule has 0 bridgehead atoms. The van der Waals surface area contributed by atoms with Gasteiger partial charge < -0.3 is 0 Å². The maximum absolute atomic E-state index is 11.8. The molecule has 0 N–H and O–H groups in total. The number of hydrogen-bond acceptors (Lipinski definition) is 3. The van der Waals surface area contributed by atoms with E-state index in [2.05, 4.69) is 20.9 Å². The summed E-state index contributed by atoms with van der Waals surface area (Å²) in [5.74, 6) is -0.0208. The molecule has 0 unspecified atom stereocenters. The molecule has 0 saturated heterocycles. The zero-order valence-corrected chi connectivity index (χ0v) is 9.51. The average Bonchev–Trinajstić information content (AvgIpc) is 2.71. The SMILES string of the molecule is O=C(c1ccc(Br)cc1)c1nccs1. The summed E-state index contributed by atoms with van der Waals surface area (Å²) in [7, 11) is 0. The van der Waals surface area contributed by atoms with Gasteiger partial charge in [-0.2, -0.15) is 0 Å². The molecule has 0 amide bonds. The van der Waals surface area contributed by atoms with Crippen LogP contribution in [0.15, 0.2) is 40.3 Å². The van der Waals surface area contributed by atoms with Crippen molar-refractivity contribution in [2.24, 2.45) is 0 Å². The van der Waals surface area contributed by atoms with Gasteiger partial charge in [-0.1, -0.05) is 15.9 Å². The van der Waals surface area contributed by atoms with E-state index in [0.717, 1.165) is 4.47 Å². The molecule has 2 aromatic rings. The lowest BCUT2D eigenvalue weighted by Crippen LogP contribution is -1.99. The number of carbonyl (C=O) groups is 1. The molecule has 0 aliphatic heterocycles. The van der Waals surface area contributed by atoms with Crippen molar-refractivity contribution in [1.82, 2.24) is 4.98 Å². The van der Waals surface area contributed by atoms with Gasteiger partial charge in [-0.05, 0) is 24.3 Å². The largest absolute Gasteiger partial charge is 0.286 e. The van der Waals surface area contributed by atoms with Crippen LogP contribution in [-0.4, -0.2) is 10.8 Å². The standard InChI is InChI=1S/C10H6BrNOS/c11-8-3-1-7(2-4-8)9(13)10-12-5-6-14-10/h1-6H. The fourth-order valence-electron chi connectivity index (χ4n) is 1.06. The Morgan fingerprint density at radius 1 is 1.29 bits per heavy atom. The van der Waals surface area contributed by atoms with Crippen LogP contribution in [-0.2, 0) is 0 Å². The van der Waals surface area contributed by atoms with E-state index in [1.807, 2.05) is 12.1 Å². The van der Waals surface area contributed by atoms with Gasteiger partial charge in [0.15, 0.2) is 5.01 Å². The second-order valence-electron chi connectivity index (χ2n) is 2.67. The van der Waals surface area contributed by atoms with Gasteiger partial charge in [-0.15, -0.1) is 11.3 Å². The molecule has 0 fully saturated rings. The van der Waals surface area contributed by atoms with Crippen molar-refractivity contribution in [3.8, 4) is 0 Å². The first-order valence-electron chi connectivity index (χ1n) is 3.97. The minimum atomic E-state index is -0.0208. The molecular formula is C10H6BrNOS. The molecule has 14 heavy (non-hydrogen) atoms. The molecule has 70 valence electrons. The monoisotopic (exact) mass is 267 g/mol. The second-order valence-corrected chi connectivity index (χ2v) is 4.48. The first-order valence-corrected chi connectivity index (χ1v) is 5.64. The molecule has 0 aliphatic carbocycles. The van der Waals surface area contributed by atoms with Gasteiger partial charge >= 0.3 is 0 Å². The number of rotatable bonds is 2. The number of aromatic nitrogens is 1. The normalized spacial score (nSPS) is 10.1. The summed E-state index contributed by atoms with van der Waals surface area (Å²) in [5.41, 5.74) is 0.670. The third kappa shape index (κ3) is 1.91. The van der Waals surface area contributed by atoms with Crippen LogP contribution >= 0.6 is 27.3 Å². The molecule has 1 aromatic heterocycles. The number of ketones is 1.